The minimum Gasteiger partial charge on any atom is -0.461 e. The quantitative estimate of drug-likeness (QED) is 0.592. The molecule has 2 rings (SSSR count). The molecule has 2 aromatic rings. The van der Waals surface area contributed by atoms with Gasteiger partial charge in [0, 0.05) is 20.2 Å². The van der Waals surface area contributed by atoms with Crippen LogP contribution >= 0.6 is 23.1 Å². The van der Waals surface area contributed by atoms with Crippen LogP contribution in [0.25, 0.3) is 0 Å². The molecule has 0 saturated carbocycles. The van der Waals surface area contributed by atoms with Gasteiger partial charge in [-0.3, -0.25) is 0 Å². The molecule has 0 amide bonds. The number of aromatic nitrogens is 3. The number of carbonyl (C=O) groups is 1. The normalized spacial score (nSPS) is 10.6. The second kappa shape index (κ2) is 6.71. The van der Waals surface area contributed by atoms with Gasteiger partial charge in [-0.05, 0) is 6.92 Å². The van der Waals surface area contributed by atoms with Crippen molar-refractivity contribution in [1.29, 1.82) is 0 Å². The summed E-state index contributed by atoms with van der Waals surface area (Å²) in [5.74, 6) is 0.659. The Morgan fingerprint density at radius 2 is 2.30 bits per heavy atom. The molecule has 0 atom stereocenters. The van der Waals surface area contributed by atoms with E-state index in [0.29, 0.717) is 18.1 Å². The molecular weight excluding hydrogens is 300 g/mol. The number of nitrogens with zero attached hydrogens (tertiary/aromatic N) is 4. The number of hydrogen-bond donors (Lipinski definition) is 0. The highest BCUT2D eigenvalue weighted by atomic mass is 32.2. The lowest BCUT2D eigenvalue weighted by molar-refractivity contribution is 0.0514. The molecule has 2 heterocycles. The number of esters is 1. The number of hydrogen-bond acceptors (Lipinski definition) is 9. The average molecular weight is 314 g/mol. The minimum atomic E-state index is -0.474. The van der Waals surface area contributed by atoms with Gasteiger partial charge in [0.25, 0.3) is 0 Å². The summed E-state index contributed by atoms with van der Waals surface area (Å²) in [5, 5.41) is 12.6. The van der Waals surface area contributed by atoms with Crippen molar-refractivity contribution in [3.05, 3.63) is 17.5 Å². The monoisotopic (exact) mass is 314 g/mol. The number of carbonyl (C=O) groups excluding carboxylic acids is 1. The highest BCUT2D eigenvalue weighted by molar-refractivity contribution is 8.00. The second-order valence-corrected chi connectivity index (χ2v) is 6.11. The van der Waals surface area contributed by atoms with E-state index >= 15 is 0 Å². The van der Waals surface area contributed by atoms with Gasteiger partial charge in [-0.2, -0.15) is 0 Å². The molecule has 0 aliphatic heterocycles. The van der Waals surface area contributed by atoms with Crippen LogP contribution in [0, 0.1) is 0 Å². The molecule has 0 radical (unpaired) electrons. The Kier molecular flexibility index (Phi) is 4.96. The highest BCUT2D eigenvalue weighted by Gasteiger charge is 2.14. The first kappa shape index (κ1) is 14.8. The number of rotatable bonds is 6. The van der Waals surface area contributed by atoms with Gasteiger partial charge >= 0.3 is 5.97 Å². The Bertz CT molecular complexity index is 582. The zero-order valence-corrected chi connectivity index (χ0v) is 13.0. The molecule has 0 fully saturated rings. The van der Waals surface area contributed by atoms with Gasteiger partial charge in [-0.15, -0.1) is 10.2 Å². The van der Waals surface area contributed by atoms with Gasteiger partial charge in [0.15, 0.2) is 10.0 Å². The molecule has 0 aliphatic rings. The summed E-state index contributed by atoms with van der Waals surface area (Å²) in [6.45, 7) is 2.06. The van der Waals surface area contributed by atoms with Crippen molar-refractivity contribution in [3.63, 3.8) is 0 Å². The van der Waals surface area contributed by atoms with E-state index in [0.717, 1.165) is 9.47 Å². The second-order valence-electron chi connectivity index (χ2n) is 3.93. The summed E-state index contributed by atoms with van der Waals surface area (Å²) in [6, 6.07) is 1.58. The molecule has 0 N–H and O–H groups in total. The fraction of sp³-hybridized carbons (Fsp3) is 0.455. The smallest absolute Gasteiger partial charge is 0.360 e. The van der Waals surface area contributed by atoms with Crippen LogP contribution in [0.1, 0.15) is 23.2 Å². The van der Waals surface area contributed by atoms with Gasteiger partial charge in [-0.25, -0.2) is 4.79 Å². The Hall–Kier alpha value is -1.61. The Balaban J connectivity index is 1.92. The van der Waals surface area contributed by atoms with Crippen LogP contribution in [-0.4, -0.2) is 42.0 Å². The van der Waals surface area contributed by atoms with E-state index in [9.17, 15) is 4.79 Å². The molecular formula is C11H14N4O3S2. The maximum Gasteiger partial charge on any atom is 0.360 e. The molecule has 9 heteroatoms. The molecule has 0 bridgehead atoms. The molecule has 0 aromatic carbocycles. The fourth-order valence-corrected chi connectivity index (χ4v) is 2.90. The van der Waals surface area contributed by atoms with Gasteiger partial charge in [0.2, 0.25) is 5.13 Å². The Labute approximate surface area is 124 Å². The molecule has 0 unspecified atom stereocenters. The van der Waals surface area contributed by atoms with Crippen molar-refractivity contribution in [3.8, 4) is 0 Å². The number of anilines is 1. The van der Waals surface area contributed by atoms with Crippen LogP contribution in [0.2, 0.25) is 0 Å². The van der Waals surface area contributed by atoms with E-state index in [1.165, 1.54) is 23.1 Å². The molecule has 0 spiro atoms. The molecule has 0 aliphatic carbocycles. The molecule has 2 aromatic heterocycles. The largest absolute Gasteiger partial charge is 0.461 e. The van der Waals surface area contributed by atoms with E-state index in [4.69, 9.17) is 9.26 Å². The first-order valence-corrected chi connectivity index (χ1v) is 7.66. The third-order valence-electron chi connectivity index (χ3n) is 2.16. The van der Waals surface area contributed by atoms with Crippen molar-refractivity contribution < 1.29 is 14.1 Å². The molecule has 20 heavy (non-hydrogen) atoms. The summed E-state index contributed by atoms with van der Waals surface area (Å²) in [4.78, 5) is 13.3. The summed E-state index contributed by atoms with van der Waals surface area (Å²) in [6.07, 6.45) is 0. The highest BCUT2D eigenvalue weighted by Crippen LogP contribution is 2.29. The van der Waals surface area contributed by atoms with Crippen molar-refractivity contribution in [1.82, 2.24) is 15.4 Å². The SMILES string of the molecule is CCOC(=O)c1cc(CSc2nnc(N(C)C)s2)on1. The molecule has 7 nitrogen and oxygen atoms in total. The summed E-state index contributed by atoms with van der Waals surface area (Å²) in [7, 11) is 3.83. The summed E-state index contributed by atoms with van der Waals surface area (Å²) in [5.41, 5.74) is 0.189. The van der Waals surface area contributed by atoms with Crippen molar-refractivity contribution >= 4 is 34.2 Å². The number of thioether (sulfide) groups is 1. The van der Waals surface area contributed by atoms with Gasteiger partial charge < -0.3 is 14.2 Å². The van der Waals surface area contributed by atoms with Crippen molar-refractivity contribution in [2.75, 3.05) is 25.6 Å². The predicted octanol–water partition coefficient (Wildman–Crippen LogP) is 2.06. The summed E-state index contributed by atoms with van der Waals surface area (Å²) < 4.78 is 10.8. The van der Waals surface area contributed by atoms with Gasteiger partial charge in [0.1, 0.15) is 5.76 Å². The topological polar surface area (TPSA) is 81.4 Å². The molecule has 108 valence electrons. The maximum absolute atomic E-state index is 11.4. The van der Waals surface area contributed by atoms with E-state index < -0.39 is 5.97 Å². The molecule has 0 saturated heterocycles. The zero-order valence-electron chi connectivity index (χ0n) is 11.3. The van der Waals surface area contributed by atoms with E-state index in [2.05, 4.69) is 15.4 Å². The van der Waals surface area contributed by atoms with Crippen LogP contribution < -0.4 is 4.90 Å². The lowest BCUT2D eigenvalue weighted by atomic mass is 10.4. The van der Waals surface area contributed by atoms with Crippen LogP contribution in [-0.2, 0) is 10.5 Å². The van der Waals surface area contributed by atoms with Crippen LogP contribution in [0.4, 0.5) is 5.13 Å². The van der Waals surface area contributed by atoms with Crippen molar-refractivity contribution in [2.24, 2.45) is 0 Å². The van der Waals surface area contributed by atoms with Gasteiger partial charge in [-0.1, -0.05) is 28.3 Å². The summed E-state index contributed by atoms with van der Waals surface area (Å²) >= 11 is 2.98. The maximum atomic E-state index is 11.4. The van der Waals surface area contributed by atoms with Crippen LogP contribution in [0.5, 0.6) is 0 Å². The average Bonchev–Trinajstić information content (AvgIpc) is 3.06. The third-order valence-corrected chi connectivity index (χ3v) is 4.41. The number of ether oxygens (including phenoxy) is 1. The van der Waals surface area contributed by atoms with Gasteiger partial charge in [0.05, 0.1) is 12.4 Å². The Morgan fingerprint density at radius 3 is 2.95 bits per heavy atom. The lowest BCUT2D eigenvalue weighted by Crippen LogP contribution is -2.07. The lowest BCUT2D eigenvalue weighted by Gasteiger charge is -2.03. The van der Waals surface area contributed by atoms with E-state index in [1.54, 1.807) is 13.0 Å². The zero-order chi connectivity index (χ0) is 14.5. The fourth-order valence-electron chi connectivity index (χ4n) is 1.26. The first-order valence-electron chi connectivity index (χ1n) is 5.86. The van der Waals surface area contributed by atoms with Crippen molar-refractivity contribution in [2.45, 2.75) is 17.0 Å². The van der Waals surface area contributed by atoms with E-state index in [-0.39, 0.29) is 5.69 Å². The Morgan fingerprint density at radius 1 is 1.50 bits per heavy atom. The standard InChI is InChI=1S/C11H14N4O3S2/c1-4-17-9(16)8-5-7(18-14-8)6-19-11-13-12-10(20-11)15(2)3/h5H,4,6H2,1-3H3. The van der Waals surface area contributed by atoms with Crippen LogP contribution in [0.3, 0.4) is 0 Å². The van der Waals surface area contributed by atoms with E-state index in [1.807, 2.05) is 19.0 Å². The van der Waals surface area contributed by atoms with Crippen LogP contribution in [0.15, 0.2) is 14.9 Å². The predicted molar refractivity (Wildman–Crippen MR) is 76.3 cm³/mol. The minimum absolute atomic E-state index is 0.189. The first-order chi connectivity index (χ1) is 9.60. The third kappa shape index (κ3) is 3.70.